The van der Waals surface area contributed by atoms with E-state index in [0.717, 1.165) is 0 Å². The lowest BCUT2D eigenvalue weighted by Gasteiger charge is -2.11. The van der Waals surface area contributed by atoms with E-state index in [1.54, 1.807) is 25.1 Å². The van der Waals surface area contributed by atoms with Gasteiger partial charge in [0.1, 0.15) is 18.4 Å². The van der Waals surface area contributed by atoms with Crippen molar-refractivity contribution in [1.29, 1.82) is 0 Å². The van der Waals surface area contributed by atoms with Crippen LogP contribution >= 0.6 is 23.2 Å². The summed E-state index contributed by atoms with van der Waals surface area (Å²) in [6, 6.07) is 4.34. The Morgan fingerprint density at radius 1 is 1.53 bits per heavy atom. The van der Waals surface area contributed by atoms with Crippen LogP contribution in [0.5, 0.6) is 5.75 Å². The normalized spacial score (nSPS) is 12.2. The summed E-state index contributed by atoms with van der Waals surface area (Å²) in [5, 5.41) is 12.4. The third kappa shape index (κ3) is 4.81. The highest BCUT2D eigenvalue weighted by molar-refractivity contribution is 6.35. The predicted molar refractivity (Wildman–Crippen MR) is 67.1 cm³/mol. The van der Waals surface area contributed by atoms with Gasteiger partial charge in [-0.15, -0.1) is 0 Å². The zero-order valence-corrected chi connectivity index (χ0v) is 10.8. The van der Waals surface area contributed by atoms with E-state index in [4.69, 9.17) is 33.0 Å². The number of benzene rings is 1. The van der Waals surface area contributed by atoms with Crippen molar-refractivity contribution in [3.8, 4) is 5.75 Å². The van der Waals surface area contributed by atoms with Crippen molar-refractivity contribution >= 4 is 29.2 Å². The number of carboxylic acid groups (broad SMARTS) is 1. The fourth-order valence-electron chi connectivity index (χ4n) is 1.12. The van der Waals surface area contributed by atoms with Gasteiger partial charge in [0, 0.05) is 11.6 Å². The first-order valence-corrected chi connectivity index (χ1v) is 5.80. The van der Waals surface area contributed by atoms with Gasteiger partial charge >= 0.3 is 5.97 Å². The molecule has 1 aromatic carbocycles. The van der Waals surface area contributed by atoms with Gasteiger partial charge in [-0.3, -0.25) is 4.79 Å². The van der Waals surface area contributed by atoms with Gasteiger partial charge in [0.15, 0.2) is 0 Å². The van der Waals surface area contributed by atoms with Crippen LogP contribution in [-0.2, 0) is 4.79 Å². The van der Waals surface area contributed by atoms with Gasteiger partial charge in [-0.25, -0.2) is 0 Å². The lowest BCUT2D eigenvalue weighted by Crippen LogP contribution is -2.36. The van der Waals surface area contributed by atoms with Gasteiger partial charge in [0.05, 0.1) is 5.02 Å². The highest BCUT2D eigenvalue weighted by Crippen LogP contribution is 2.27. The molecule has 0 saturated carbocycles. The first-order chi connectivity index (χ1) is 8.00. The van der Waals surface area contributed by atoms with Crippen LogP contribution in [0.1, 0.15) is 6.92 Å². The Morgan fingerprint density at radius 3 is 2.82 bits per heavy atom. The second kappa shape index (κ2) is 6.69. The highest BCUT2D eigenvalue weighted by Gasteiger charge is 2.09. The van der Waals surface area contributed by atoms with Crippen LogP contribution in [0.4, 0.5) is 0 Å². The van der Waals surface area contributed by atoms with Crippen molar-refractivity contribution in [2.45, 2.75) is 13.0 Å². The molecule has 6 heteroatoms. The molecule has 4 nitrogen and oxygen atoms in total. The number of hydrogen-bond donors (Lipinski definition) is 2. The fraction of sp³-hybridized carbons (Fsp3) is 0.364. The quantitative estimate of drug-likeness (QED) is 0.785. The largest absolute Gasteiger partial charge is 0.491 e. The number of carbonyl (C=O) groups is 1. The Hall–Kier alpha value is -0.970. The SMILES string of the molecule is CC(NCCOc1ccc(Cl)cc1Cl)C(=O)O. The van der Waals surface area contributed by atoms with Crippen molar-refractivity contribution in [1.82, 2.24) is 5.32 Å². The summed E-state index contributed by atoms with van der Waals surface area (Å²) in [5.41, 5.74) is 0. The molecule has 0 heterocycles. The zero-order valence-electron chi connectivity index (χ0n) is 9.24. The monoisotopic (exact) mass is 277 g/mol. The summed E-state index contributed by atoms with van der Waals surface area (Å²) in [4.78, 5) is 10.5. The van der Waals surface area contributed by atoms with Crippen LogP contribution in [0, 0.1) is 0 Å². The predicted octanol–water partition coefficient (Wildman–Crippen LogP) is 2.43. The number of carboxylic acids is 1. The molecule has 1 rings (SSSR count). The van der Waals surface area contributed by atoms with Crippen molar-refractivity contribution in [2.75, 3.05) is 13.2 Å². The lowest BCUT2D eigenvalue weighted by atomic mass is 10.3. The van der Waals surface area contributed by atoms with Crippen molar-refractivity contribution in [3.63, 3.8) is 0 Å². The average molecular weight is 278 g/mol. The van der Waals surface area contributed by atoms with E-state index in [2.05, 4.69) is 5.32 Å². The second-order valence-electron chi connectivity index (χ2n) is 3.44. The molecule has 0 spiro atoms. The van der Waals surface area contributed by atoms with Crippen LogP contribution in [0.2, 0.25) is 10.0 Å². The first kappa shape index (κ1) is 14.1. The van der Waals surface area contributed by atoms with Gasteiger partial charge < -0.3 is 15.2 Å². The van der Waals surface area contributed by atoms with Crippen LogP contribution in [0.3, 0.4) is 0 Å². The summed E-state index contributed by atoms with van der Waals surface area (Å²) in [5.74, 6) is -0.365. The first-order valence-electron chi connectivity index (χ1n) is 5.04. The summed E-state index contributed by atoms with van der Waals surface area (Å²) in [6.07, 6.45) is 0. The molecule has 0 aliphatic carbocycles. The number of halogens is 2. The van der Waals surface area contributed by atoms with E-state index < -0.39 is 12.0 Å². The third-order valence-electron chi connectivity index (χ3n) is 2.07. The number of aliphatic carboxylic acids is 1. The Labute approximate surface area is 109 Å². The van der Waals surface area contributed by atoms with Crippen LogP contribution in [-0.4, -0.2) is 30.3 Å². The minimum Gasteiger partial charge on any atom is -0.491 e. The molecule has 1 atom stereocenters. The molecular weight excluding hydrogens is 265 g/mol. The van der Waals surface area contributed by atoms with Gasteiger partial charge in [-0.05, 0) is 25.1 Å². The smallest absolute Gasteiger partial charge is 0.320 e. The summed E-state index contributed by atoms with van der Waals surface area (Å²) in [6.45, 7) is 2.32. The van der Waals surface area contributed by atoms with Gasteiger partial charge in [-0.1, -0.05) is 23.2 Å². The second-order valence-corrected chi connectivity index (χ2v) is 4.28. The molecular formula is C11H13Cl2NO3. The number of ether oxygens (including phenoxy) is 1. The number of rotatable bonds is 6. The molecule has 0 aliphatic heterocycles. The van der Waals surface area contributed by atoms with Crippen molar-refractivity contribution in [2.24, 2.45) is 0 Å². The number of nitrogens with one attached hydrogen (secondary N) is 1. The van der Waals surface area contributed by atoms with E-state index in [-0.39, 0.29) is 0 Å². The average Bonchev–Trinajstić information content (AvgIpc) is 2.26. The summed E-state index contributed by atoms with van der Waals surface area (Å²) < 4.78 is 5.38. The maximum absolute atomic E-state index is 10.5. The van der Waals surface area contributed by atoms with Gasteiger partial charge in [-0.2, -0.15) is 0 Å². The van der Waals surface area contributed by atoms with Gasteiger partial charge in [0.2, 0.25) is 0 Å². The maximum atomic E-state index is 10.5. The van der Waals surface area contributed by atoms with E-state index in [1.165, 1.54) is 0 Å². The molecule has 2 N–H and O–H groups in total. The Morgan fingerprint density at radius 2 is 2.24 bits per heavy atom. The standard InChI is InChI=1S/C11H13Cl2NO3/c1-7(11(15)16)14-4-5-17-10-3-2-8(12)6-9(10)13/h2-3,6-7,14H,4-5H2,1H3,(H,15,16). The maximum Gasteiger partial charge on any atom is 0.320 e. The van der Waals surface area contributed by atoms with Crippen molar-refractivity contribution in [3.05, 3.63) is 28.2 Å². The highest BCUT2D eigenvalue weighted by atomic mass is 35.5. The molecule has 94 valence electrons. The molecule has 1 aromatic rings. The topological polar surface area (TPSA) is 58.6 Å². The molecule has 0 bridgehead atoms. The van der Waals surface area contributed by atoms with Crippen LogP contribution in [0.25, 0.3) is 0 Å². The molecule has 0 saturated heterocycles. The molecule has 0 aromatic heterocycles. The van der Waals surface area contributed by atoms with Crippen LogP contribution < -0.4 is 10.1 Å². The van der Waals surface area contributed by atoms with Crippen LogP contribution in [0.15, 0.2) is 18.2 Å². The summed E-state index contributed by atoms with van der Waals surface area (Å²) >= 11 is 11.6. The minimum absolute atomic E-state index is 0.332. The Bertz CT molecular complexity index is 398. The molecule has 1 unspecified atom stereocenters. The van der Waals surface area contributed by atoms with Crippen molar-refractivity contribution < 1.29 is 14.6 Å². The zero-order chi connectivity index (χ0) is 12.8. The molecule has 0 aliphatic rings. The molecule has 0 fully saturated rings. The molecule has 17 heavy (non-hydrogen) atoms. The molecule has 0 radical (unpaired) electrons. The minimum atomic E-state index is -0.894. The van der Waals surface area contributed by atoms with E-state index in [0.29, 0.717) is 28.9 Å². The summed E-state index contributed by atoms with van der Waals surface area (Å²) in [7, 11) is 0. The number of hydrogen-bond acceptors (Lipinski definition) is 3. The van der Waals surface area contributed by atoms with E-state index in [9.17, 15) is 4.79 Å². The molecule has 0 amide bonds. The van der Waals surface area contributed by atoms with Gasteiger partial charge in [0.25, 0.3) is 0 Å². The third-order valence-corrected chi connectivity index (χ3v) is 2.60. The fourth-order valence-corrected chi connectivity index (χ4v) is 1.58. The van der Waals surface area contributed by atoms with E-state index in [1.807, 2.05) is 0 Å². The lowest BCUT2D eigenvalue weighted by molar-refractivity contribution is -0.139. The van der Waals surface area contributed by atoms with E-state index >= 15 is 0 Å². The Kier molecular flexibility index (Phi) is 5.55. The Balaban J connectivity index is 2.34.